The Hall–Kier alpha value is -2.68. The van der Waals surface area contributed by atoms with Gasteiger partial charge < -0.3 is 4.74 Å². The van der Waals surface area contributed by atoms with E-state index in [1.165, 1.54) is 6.08 Å². The van der Waals surface area contributed by atoms with E-state index in [2.05, 4.69) is 0 Å². The van der Waals surface area contributed by atoms with Crippen LogP contribution in [-0.4, -0.2) is 11.6 Å². The van der Waals surface area contributed by atoms with Gasteiger partial charge in [0.15, 0.2) is 11.5 Å². The summed E-state index contributed by atoms with van der Waals surface area (Å²) < 4.78 is 5.67. The lowest BCUT2D eigenvalue weighted by Gasteiger charge is -2.16. The third-order valence-electron chi connectivity index (χ3n) is 3.47. The fraction of sp³-hybridized carbons (Fsp3) is 0.111. The minimum absolute atomic E-state index is 0.0747. The van der Waals surface area contributed by atoms with Gasteiger partial charge in [-0.25, -0.2) is 0 Å². The van der Waals surface area contributed by atoms with Crippen LogP contribution in [0.2, 0.25) is 0 Å². The second kappa shape index (κ2) is 5.02. The molecule has 2 aromatic rings. The van der Waals surface area contributed by atoms with Crippen LogP contribution in [0.1, 0.15) is 31.8 Å². The summed E-state index contributed by atoms with van der Waals surface area (Å²) in [5.74, 6) is 0.202. The lowest BCUT2D eigenvalue weighted by molar-refractivity contribution is 0.0946. The number of ketones is 2. The summed E-state index contributed by atoms with van der Waals surface area (Å²) in [5, 5.41) is 0. The average Bonchev–Trinajstić information content (AvgIpc) is 2.47. The second-order valence-electron chi connectivity index (χ2n) is 5.12. The highest BCUT2D eigenvalue weighted by Gasteiger charge is 2.26. The van der Waals surface area contributed by atoms with Crippen molar-refractivity contribution in [3.05, 3.63) is 76.6 Å². The van der Waals surface area contributed by atoms with Crippen LogP contribution in [-0.2, 0) is 0 Å². The van der Waals surface area contributed by atoms with Gasteiger partial charge in [-0.1, -0.05) is 42.0 Å². The highest BCUT2D eigenvalue weighted by Crippen LogP contribution is 2.26. The number of aryl methyl sites for hydroxylation is 2. The van der Waals surface area contributed by atoms with Crippen LogP contribution in [0, 0.1) is 13.8 Å². The Morgan fingerprint density at radius 3 is 2.33 bits per heavy atom. The van der Waals surface area contributed by atoms with E-state index < -0.39 is 0 Å². The molecule has 0 N–H and O–H groups in total. The zero-order valence-electron chi connectivity index (χ0n) is 11.8. The summed E-state index contributed by atoms with van der Waals surface area (Å²) in [7, 11) is 0. The van der Waals surface area contributed by atoms with Gasteiger partial charge in [0.25, 0.3) is 0 Å². The number of allylic oxidation sites excluding steroid dienone is 2. The predicted molar refractivity (Wildman–Crippen MR) is 79.7 cm³/mol. The number of carbonyl (C=O) groups excluding carboxylic acids is 2. The van der Waals surface area contributed by atoms with E-state index in [-0.39, 0.29) is 17.3 Å². The number of benzene rings is 2. The molecule has 1 aliphatic rings. The van der Waals surface area contributed by atoms with Crippen LogP contribution in [0.4, 0.5) is 0 Å². The zero-order valence-corrected chi connectivity index (χ0v) is 11.8. The number of Topliss-reactive ketones (excluding diaryl/α,β-unsaturated/α-hetero) is 1. The van der Waals surface area contributed by atoms with Gasteiger partial charge in [0.05, 0.1) is 0 Å². The molecule has 0 aromatic heterocycles. The largest absolute Gasteiger partial charge is 0.453 e. The van der Waals surface area contributed by atoms with Crippen molar-refractivity contribution < 1.29 is 14.3 Å². The molecule has 0 heterocycles. The zero-order chi connectivity index (χ0) is 15.0. The van der Waals surface area contributed by atoms with Crippen molar-refractivity contribution in [2.45, 2.75) is 13.8 Å². The van der Waals surface area contributed by atoms with Gasteiger partial charge in [0.2, 0.25) is 5.78 Å². The maximum atomic E-state index is 12.4. The van der Waals surface area contributed by atoms with Crippen molar-refractivity contribution in [3.8, 4) is 5.75 Å². The average molecular weight is 278 g/mol. The smallest absolute Gasteiger partial charge is 0.229 e. The fourth-order valence-electron chi connectivity index (χ4n) is 2.40. The summed E-state index contributed by atoms with van der Waals surface area (Å²) in [4.78, 5) is 24.5. The quantitative estimate of drug-likeness (QED) is 0.842. The Labute approximate surface area is 122 Å². The first-order valence-corrected chi connectivity index (χ1v) is 6.71. The highest BCUT2D eigenvalue weighted by atomic mass is 16.5. The second-order valence-corrected chi connectivity index (χ2v) is 5.12. The number of carbonyl (C=O) groups is 2. The molecule has 3 rings (SSSR count). The molecule has 104 valence electrons. The molecule has 0 radical (unpaired) electrons. The summed E-state index contributed by atoms with van der Waals surface area (Å²) >= 11 is 0. The predicted octanol–water partition coefficient (Wildman–Crippen LogP) is 3.65. The normalized spacial score (nSPS) is 13.7. The molecule has 0 atom stereocenters. The molecule has 3 heteroatoms. The van der Waals surface area contributed by atoms with Crippen molar-refractivity contribution in [2.75, 3.05) is 0 Å². The molecule has 1 aliphatic carbocycles. The molecule has 0 aliphatic heterocycles. The molecule has 0 amide bonds. The molecule has 0 bridgehead atoms. The molecule has 0 saturated heterocycles. The summed E-state index contributed by atoms with van der Waals surface area (Å²) in [6.45, 7) is 3.90. The van der Waals surface area contributed by atoms with Crippen LogP contribution in [0.25, 0.3) is 0 Å². The van der Waals surface area contributed by atoms with Crippen molar-refractivity contribution in [3.63, 3.8) is 0 Å². The van der Waals surface area contributed by atoms with Crippen LogP contribution >= 0.6 is 0 Å². The number of hydrogen-bond donors (Lipinski definition) is 0. The van der Waals surface area contributed by atoms with E-state index >= 15 is 0 Å². The standard InChI is InChI=1S/C18H14O3/c1-11-7-8-16(12(2)9-11)21-17-10-15(19)13-5-3-4-6-14(13)18(17)20/h3-10H,1-2H3. The van der Waals surface area contributed by atoms with E-state index in [9.17, 15) is 9.59 Å². The molecule has 21 heavy (non-hydrogen) atoms. The van der Waals surface area contributed by atoms with E-state index in [0.29, 0.717) is 16.9 Å². The summed E-state index contributed by atoms with van der Waals surface area (Å²) in [6.07, 6.45) is 1.27. The molecular weight excluding hydrogens is 264 g/mol. The van der Waals surface area contributed by atoms with Gasteiger partial charge in [-0.05, 0) is 25.5 Å². The number of ether oxygens (including phenoxy) is 1. The van der Waals surface area contributed by atoms with Gasteiger partial charge in [-0.15, -0.1) is 0 Å². The molecule has 0 unspecified atom stereocenters. The Balaban J connectivity index is 1.97. The Kier molecular flexibility index (Phi) is 3.18. The lowest BCUT2D eigenvalue weighted by atomic mass is 9.94. The van der Waals surface area contributed by atoms with Crippen LogP contribution in [0.3, 0.4) is 0 Å². The van der Waals surface area contributed by atoms with Crippen LogP contribution in [0.5, 0.6) is 5.75 Å². The number of rotatable bonds is 2. The van der Waals surface area contributed by atoms with Crippen molar-refractivity contribution in [2.24, 2.45) is 0 Å². The molecule has 0 spiro atoms. The third-order valence-corrected chi connectivity index (χ3v) is 3.47. The van der Waals surface area contributed by atoms with Crippen LogP contribution < -0.4 is 4.74 Å². The van der Waals surface area contributed by atoms with Crippen molar-refractivity contribution in [1.29, 1.82) is 0 Å². The lowest BCUT2D eigenvalue weighted by Crippen LogP contribution is -2.20. The van der Waals surface area contributed by atoms with E-state index in [1.54, 1.807) is 24.3 Å². The first-order valence-electron chi connectivity index (χ1n) is 6.71. The topological polar surface area (TPSA) is 43.4 Å². The Morgan fingerprint density at radius 1 is 0.905 bits per heavy atom. The third kappa shape index (κ3) is 2.38. The van der Waals surface area contributed by atoms with Gasteiger partial charge in [0, 0.05) is 17.2 Å². The molecule has 0 fully saturated rings. The maximum absolute atomic E-state index is 12.4. The summed E-state index contributed by atoms with van der Waals surface area (Å²) in [5.41, 5.74) is 2.86. The van der Waals surface area contributed by atoms with E-state index in [1.807, 2.05) is 32.0 Å². The van der Waals surface area contributed by atoms with Gasteiger partial charge in [-0.3, -0.25) is 9.59 Å². The molecular formula is C18H14O3. The molecule has 3 nitrogen and oxygen atoms in total. The SMILES string of the molecule is Cc1ccc(OC2=CC(=O)c3ccccc3C2=O)c(C)c1. The molecule has 0 saturated carbocycles. The van der Waals surface area contributed by atoms with E-state index in [0.717, 1.165) is 11.1 Å². The van der Waals surface area contributed by atoms with Gasteiger partial charge >= 0.3 is 0 Å². The Bertz CT molecular complexity index is 785. The van der Waals surface area contributed by atoms with Crippen molar-refractivity contribution in [1.82, 2.24) is 0 Å². The van der Waals surface area contributed by atoms with Gasteiger partial charge in [0.1, 0.15) is 5.75 Å². The van der Waals surface area contributed by atoms with Crippen LogP contribution in [0.15, 0.2) is 54.3 Å². The molecule has 2 aromatic carbocycles. The number of hydrogen-bond acceptors (Lipinski definition) is 3. The first kappa shape index (κ1) is 13.3. The first-order chi connectivity index (χ1) is 10.1. The minimum Gasteiger partial charge on any atom is -0.453 e. The van der Waals surface area contributed by atoms with Gasteiger partial charge in [-0.2, -0.15) is 0 Å². The van der Waals surface area contributed by atoms with E-state index in [4.69, 9.17) is 4.74 Å². The minimum atomic E-state index is -0.259. The fourth-order valence-corrected chi connectivity index (χ4v) is 2.40. The highest BCUT2D eigenvalue weighted by molar-refractivity contribution is 6.23. The maximum Gasteiger partial charge on any atom is 0.229 e. The Morgan fingerprint density at radius 2 is 1.62 bits per heavy atom. The summed E-state index contributed by atoms with van der Waals surface area (Å²) in [6, 6.07) is 12.5. The number of fused-ring (bicyclic) bond motifs is 1. The van der Waals surface area contributed by atoms with Crippen molar-refractivity contribution >= 4 is 11.6 Å². The monoisotopic (exact) mass is 278 g/mol.